The molecule has 0 aliphatic carbocycles. The number of nitrogens with one attached hydrogen (secondary N) is 1. The highest BCUT2D eigenvalue weighted by Crippen LogP contribution is 2.22. The van der Waals surface area contributed by atoms with E-state index in [0.717, 1.165) is 5.56 Å². The van der Waals surface area contributed by atoms with E-state index >= 15 is 0 Å². The van der Waals surface area contributed by atoms with E-state index in [-0.39, 0.29) is 18.4 Å². The van der Waals surface area contributed by atoms with Crippen molar-refractivity contribution in [2.75, 3.05) is 38.0 Å². The molecule has 3 rings (SSSR count). The second-order valence-electron chi connectivity index (χ2n) is 6.63. The Morgan fingerprint density at radius 2 is 1.69 bits per heavy atom. The molecule has 1 saturated heterocycles. The molecule has 0 bridgehead atoms. The van der Waals surface area contributed by atoms with Gasteiger partial charge in [0.15, 0.2) is 0 Å². The summed E-state index contributed by atoms with van der Waals surface area (Å²) in [6.07, 6.45) is 3.19. The van der Waals surface area contributed by atoms with Crippen LogP contribution in [0.2, 0.25) is 15.1 Å². The zero-order chi connectivity index (χ0) is 20.8. The summed E-state index contributed by atoms with van der Waals surface area (Å²) in [6, 6.07) is 12.2. The summed E-state index contributed by atoms with van der Waals surface area (Å²) in [5.41, 5.74) is 1.33. The number of piperazine rings is 1. The van der Waals surface area contributed by atoms with Crippen LogP contribution in [0.5, 0.6) is 0 Å². The topological polar surface area (TPSA) is 52.7 Å². The van der Waals surface area contributed by atoms with E-state index in [9.17, 15) is 9.59 Å². The van der Waals surface area contributed by atoms with Gasteiger partial charge < -0.3 is 10.2 Å². The van der Waals surface area contributed by atoms with Crippen molar-refractivity contribution in [1.82, 2.24) is 9.80 Å². The van der Waals surface area contributed by atoms with Crippen LogP contribution in [0.25, 0.3) is 6.08 Å². The van der Waals surface area contributed by atoms with Crippen LogP contribution >= 0.6 is 34.8 Å². The number of hydrogen-bond donors (Lipinski definition) is 1. The zero-order valence-corrected chi connectivity index (χ0v) is 17.8. The Kier molecular flexibility index (Phi) is 7.56. The average molecular weight is 453 g/mol. The molecular weight excluding hydrogens is 433 g/mol. The van der Waals surface area contributed by atoms with Crippen molar-refractivity contribution >= 4 is 58.4 Å². The maximum atomic E-state index is 12.4. The number of anilines is 1. The first-order valence-corrected chi connectivity index (χ1v) is 10.2. The highest BCUT2D eigenvalue weighted by Gasteiger charge is 2.21. The van der Waals surface area contributed by atoms with Crippen LogP contribution in [0.4, 0.5) is 5.69 Å². The summed E-state index contributed by atoms with van der Waals surface area (Å²) in [5, 5.41) is 4.36. The molecule has 1 aliphatic rings. The lowest BCUT2D eigenvalue weighted by molar-refractivity contribution is -0.127. The third-order valence-corrected chi connectivity index (χ3v) is 5.46. The van der Waals surface area contributed by atoms with Crippen LogP contribution in [-0.4, -0.2) is 54.3 Å². The molecule has 5 nitrogen and oxygen atoms in total. The van der Waals surface area contributed by atoms with Crippen LogP contribution in [0.3, 0.4) is 0 Å². The molecule has 2 aromatic carbocycles. The summed E-state index contributed by atoms with van der Waals surface area (Å²) in [4.78, 5) is 28.4. The van der Waals surface area contributed by atoms with Gasteiger partial charge in [-0.1, -0.05) is 53.0 Å². The molecule has 152 valence electrons. The van der Waals surface area contributed by atoms with Gasteiger partial charge >= 0.3 is 0 Å². The van der Waals surface area contributed by atoms with E-state index < -0.39 is 0 Å². The van der Waals surface area contributed by atoms with Crippen LogP contribution in [0.15, 0.2) is 48.5 Å². The first-order valence-electron chi connectivity index (χ1n) is 9.11. The molecule has 1 heterocycles. The van der Waals surface area contributed by atoms with E-state index in [0.29, 0.717) is 46.9 Å². The van der Waals surface area contributed by atoms with Gasteiger partial charge in [0, 0.05) is 42.3 Å². The van der Waals surface area contributed by atoms with Crippen molar-refractivity contribution in [3.05, 3.63) is 69.2 Å². The van der Waals surface area contributed by atoms with Crippen molar-refractivity contribution in [3.63, 3.8) is 0 Å². The third-order valence-electron chi connectivity index (χ3n) is 4.57. The second-order valence-corrected chi connectivity index (χ2v) is 7.88. The minimum absolute atomic E-state index is 0.0869. The molecule has 29 heavy (non-hydrogen) atoms. The highest BCUT2D eigenvalue weighted by atomic mass is 35.5. The monoisotopic (exact) mass is 451 g/mol. The first kappa shape index (κ1) is 21.7. The van der Waals surface area contributed by atoms with Crippen LogP contribution in [0, 0.1) is 0 Å². The quantitative estimate of drug-likeness (QED) is 0.682. The summed E-state index contributed by atoms with van der Waals surface area (Å²) >= 11 is 18.1. The largest absolute Gasteiger partial charge is 0.337 e. The Bertz CT molecular complexity index is 925. The molecule has 1 aliphatic heterocycles. The summed E-state index contributed by atoms with van der Waals surface area (Å²) in [7, 11) is 0. The van der Waals surface area contributed by atoms with E-state index in [2.05, 4.69) is 5.32 Å². The fourth-order valence-corrected chi connectivity index (χ4v) is 3.64. The van der Waals surface area contributed by atoms with Gasteiger partial charge in [0.2, 0.25) is 11.8 Å². The molecule has 0 aromatic heterocycles. The van der Waals surface area contributed by atoms with Gasteiger partial charge in [-0.25, -0.2) is 0 Å². The lowest BCUT2D eigenvalue weighted by Gasteiger charge is -2.33. The third kappa shape index (κ3) is 6.21. The number of carbonyl (C=O) groups excluding carboxylic acids is 2. The Hall–Kier alpha value is -2.05. The minimum Gasteiger partial charge on any atom is -0.337 e. The maximum Gasteiger partial charge on any atom is 0.246 e. The lowest BCUT2D eigenvalue weighted by atomic mass is 10.2. The van der Waals surface area contributed by atoms with Crippen molar-refractivity contribution in [3.8, 4) is 0 Å². The van der Waals surface area contributed by atoms with Gasteiger partial charge in [0.05, 0.1) is 17.3 Å². The normalized spacial score (nSPS) is 14.9. The van der Waals surface area contributed by atoms with Crippen LogP contribution in [0.1, 0.15) is 5.56 Å². The van der Waals surface area contributed by atoms with Gasteiger partial charge in [-0.2, -0.15) is 0 Å². The molecule has 2 aromatic rings. The number of nitrogens with zero attached hydrogens (tertiary/aromatic N) is 2. The SMILES string of the molecule is O=C(CN1CCN(C(=O)/C=C/c2ccc(Cl)cc2Cl)CC1)Nc1ccccc1Cl. The molecule has 1 fully saturated rings. The van der Waals surface area contributed by atoms with Crippen molar-refractivity contribution in [2.24, 2.45) is 0 Å². The Morgan fingerprint density at radius 3 is 2.38 bits per heavy atom. The fourth-order valence-electron chi connectivity index (χ4n) is 2.98. The number of para-hydroxylation sites is 1. The minimum atomic E-state index is -0.129. The summed E-state index contributed by atoms with van der Waals surface area (Å²) < 4.78 is 0. The van der Waals surface area contributed by atoms with Gasteiger partial charge in [-0.05, 0) is 35.9 Å². The van der Waals surface area contributed by atoms with E-state index in [1.807, 2.05) is 17.0 Å². The lowest BCUT2D eigenvalue weighted by Crippen LogP contribution is -2.50. The molecule has 0 saturated carbocycles. The van der Waals surface area contributed by atoms with Crippen LogP contribution in [-0.2, 0) is 9.59 Å². The van der Waals surface area contributed by atoms with E-state index in [1.165, 1.54) is 6.08 Å². The molecule has 0 spiro atoms. The standard InChI is InChI=1S/C21H20Cl3N3O2/c22-16-7-5-15(18(24)13-16)6-8-21(29)27-11-9-26(10-12-27)14-20(28)25-19-4-2-1-3-17(19)23/h1-8,13H,9-12,14H2,(H,25,28)/b8-6+. The molecule has 2 amide bonds. The van der Waals surface area contributed by atoms with Gasteiger partial charge in [0.1, 0.15) is 0 Å². The van der Waals surface area contributed by atoms with Crippen molar-refractivity contribution in [2.45, 2.75) is 0 Å². The van der Waals surface area contributed by atoms with E-state index in [1.54, 1.807) is 41.3 Å². The Balaban J connectivity index is 1.47. The number of halogens is 3. The smallest absolute Gasteiger partial charge is 0.246 e. The molecule has 0 radical (unpaired) electrons. The predicted octanol–water partition coefficient (Wildman–Crippen LogP) is 4.44. The highest BCUT2D eigenvalue weighted by molar-refractivity contribution is 6.35. The van der Waals surface area contributed by atoms with Gasteiger partial charge in [-0.3, -0.25) is 14.5 Å². The fraction of sp³-hybridized carbons (Fsp3) is 0.238. The number of amides is 2. The first-order chi connectivity index (χ1) is 13.9. The molecule has 8 heteroatoms. The molecular formula is C21H20Cl3N3O2. The van der Waals surface area contributed by atoms with Crippen molar-refractivity contribution in [1.29, 1.82) is 0 Å². The van der Waals surface area contributed by atoms with Crippen molar-refractivity contribution < 1.29 is 9.59 Å². The maximum absolute atomic E-state index is 12.4. The molecule has 0 unspecified atom stereocenters. The van der Waals surface area contributed by atoms with E-state index in [4.69, 9.17) is 34.8 Å². The number of carbonyl (C=O) groups is 2. The molecule has 1 N–H and O–H groups in total. The van der Waals surface area contributed by atoms with Gasteiger partial charge in [0.25, 0.3) is 0 Å². The van der Waals surface area contributed by atoms with Crippen LogP contribution < -0.4 is 5.32 Å². The van der Waals surface area contributed by atoms with Gasteiger partial charge in [-0.15, -0.1) is 0 Å². The second kappa shape index (κ2) is 10.1. The summed E-state index contributed by atoms with van der Waals surface area (Å²) in [6.45, 7) is 2.60. The molecule has 0 atom stereocenters. The number of hydrogen-bond acceptors (Lipinski definition) is 3. The zero-order valence-electron chi connectivity index (χ0n) is 15.6. The Morgan fingerprint density at radius 1 is 0.966 bits per heavy atom. The predicted molar refractivity (Wildman–Crippen MR) is 119 cm³/mol. The number of benzene rings is 2. The number of rotatable bonds is 5. The Labute approximate surface area is 184 Å². The average Bonchev–Trinajstić information content (AvgIpc) is 2.69. The summed E-state index contributed by atoms with van der Waals surface area (Å²) in [5.74, 6) is -0.216.